The second kappa shape index (κ2) is 6.35. The van der Waals surface area contributed by atoms with Crippen LogP contribution in [0.4, 0.5) is 0 Å². The lowest BCUT2D eigenvalue weighted by molar-refractivity contribution is -0.126. The Hall–Kier alpha value is -1.43. The molecule has 0 aliphatic rings. The molecule has 0 aliphatic heterocycles. The Morgan fingerprint density at radius 2 is 2.00 bits per heavy atom. The number of nitrogens with one attached hydrogen (secondary N) is 1. The first-order valence-corrected chi connectivity index (χ1v) is 7.70. The van der Waals surface area contributed by atoms with Crippen molar-refractivity contribution in [2.45, 2.75) is 52.5 Å². The fourth-order valence-electron chi connectivity index (χ4n) is 2.09. The van der Waals surface area contributed by atoms with Gasteiger partial charge in [-0.1, -0.05) is 34.6 Å². The van der Waals surface area contributed by atoms with E-state index in [0.717, 1.165) is 5.01 Å². The van der Waals surface area contributed by atoms with E-state index in [1.807, 2.05) is 34.6 Å². The molecule has 0 fully saturated rings. The number of hydrogen-bond donors (Lipinski definition) is 2. The summed E-state index contributed by atoms with van der Waals surface area (Å²) in [6.45, 7) is 9.62. The molecule has 1 aromatic rings. The highest BCUT2D eigenvalue weighted by molar-refractivity contribution is 7.09. The number of carbonyl (C=O) groups is 2. The number of amides is 2. The Balaban J connectivity index is 2.99. The molecule has 0 radical (unpaired) electrons. The van der Waals surface area contributed by atoms with Crippen LogP contribution in [0.2, 0.25) is 0 Å². The molecule has 1 aromatic heterocycles. The van der Waals surface area contributed by atoms with Gasteiger partial charge in [-0.25, -0.2) is 4.98 Å². The molecule has 1 atom stereocenters. The van der Waals surface area contributed by atoms with Crippen molar-refractivity contribution in [3.63, 3.8) is 0 Å². The molecule has 0 bridgehead atoms. The van der Waals surface area contributed by atoms with Gasteiger partial charge in [-0.3, -0.25) is 9.59 Å². The summed E-state index contributed by atoms with van der Waals surface area (Å²) in [6.07, 6.45) is 0.451. The zero-order valence-corrected chi connectivity index (χ0v) is 13.5. The largest absolute Gasteiger partial charge is 0.368 e. The van der Waals surface area contributed by atoms with E-state index in [9.17, 15) is 9.59 Å². The normalized spacial score (nSPS) is 14.3. The molecular weight excluding hydrogens is 274 g/mol. The predicted octanol–water partition coefficient (Wildman–Crippen LogP) is 2.29. The number of hydrogen-bond acceptors (Lipinski definition) is 4. The van der Waals surface area contributed by atoms with Gasteiger partial charge in [0.1, 0.15) is 11.2 Å². The van der Waals surface area contributed by atoms with Gasteiger partial charge in [0.15, 0.2) is 0 Å². The molecule has 1 unspecified atom stereocenters. The molecule has 0 saturated heterocycles. The van der Waals surface area contributed by atoms with Crippen LogP contribution in [0.1, 0.15) is 62.5 Å². The lowest BCUT2D eigenvalue weighted by atomic mass is 9.83. The second-order valence-corrected chi connectivity index (χ2v) is 6.41. The van der Waals surface area contributed by atoms with Crippen molar-refractivity contribution in [1.29, 1.82) is 0 Å². The number of rotatable bonds is 6. The van der Waals surface area contributed by atoms with Gasteiger partial charge in [0.25, 0.3) is 5.91 Å². The maximum atomic E-state index is 12.3. The van der Waals surface area contributed by atoms with E-state index in [4.69, 9.17) is 5.73 Å². The summed E-state index contributed by atoms with van der Waals surface area (Å²) in [6, 6.07) is 0. The summed E-state index contributed by atoms with van der Waals surface area (Å²) >= 11 is 1.45. The van der Waals surface area contributed by atoms with Crippen molar-refractivity contribution in [3.05, 3.63) is 16.1 Å². The number of nitrogens with zero attached hydrogens (tertiary/aromatic N) is 1. The zero-order chi connectivity index (χ0) is 15.5. The molecule has 0 aromatic carbocycles. The van der Waals surface area contributed by atoms with Crippen LogP contribution in [0.3, 0.4) is 0 Å². The van der Waals surface area contributed by atoms with Crippen LogP contribution in [0.5, 0.6) is 0 Å². The van der Waals surface area contributed by atoms with Crippen LogP contribution >= 0.6 is 11.3 Å². The van der Waals surface area contributed by atoms with Gasteiger partial charge in [0, 0.05) is 11.3 Å². The molecule has 1 rings (SSSR count). The van der Waals surface area contributed by atoms with Crippen LogP contribution < -0.4 is 11.1 Å². The molecule has 2 amide bonds. The van der Waals surface area contributed by atoms with Crippen LogP contribution in [0, 0.1) is 5.92 Å². The number of carbonyl (C=O) groups excluding carboxylic acids is 2. The highest BCUT2D eigenvalue weighted by Gasteiger charge is 2.40. The van der Waals surface area contributed by atoms with E-state index in [2.05, 4.69) is 10.3 Å². The summed E-state index contributed by atoms with van der Waals surface area (Å²) < 4.78 is 0. The SMILES string of the molecule is CCC(NC(=O)c1csc(C(C)C)n1)(C(N)=O)C(C)C. The Morgan fingerprint density at radius 1 is 1.40 bits per heavy atom. The van der Waals surface area contributed by atoms with Crippen molar-refractivity contribution >= 4 is 23.2 Å². The topological polar surface area (TPSA) is 85.1 Å². The third-order valence-corrected chi connectivity index (χ3v) is 4.71. The lowest BCUT2D eigenvalue weighted by Crippen LogP contribution is -2.60. The molecule has 0 saturated carbocycles. The maximum Gasteiger partial charge on any atom is 0.271 e. The molecule has 5 nitrogen and oxygen atoms in total. The summed E-state index contributed by atoms with van der Waals surface area (Å²) in [4.78, 5) is 28.4. The lowest BCUT2D eigenvalue weighted by Gasteiger charge is -2.34. The fourth-order valence-corrected chi connectivity index (χ4v) is 2.90. The van der Waals surface area contributed by atoms with Crippen molar-refractivity contribution in [2.75, 3.05) is 0 Å². The van der Waals surface area contributed by atoms with E-state index >= 15 is 0 Å². The maximum absolute atomic E-state index is 12.3. The minimum Gasteiger partial charge on any atom is -0.368 e. The van der Waals surface area contributed by atoms with Crippen LogP contribution in [-0.4, -0.2) is 22.3 Å². The molecule has 6 heteroatoms. The Kier molecular flexibility index (Phi) is 5.28. The van der Waals surface area contributed by atoms with E-state index in [-0.39, 0.29) is 17.7 Å². The quantitative estimate of drug-likeness (QED) is 0.844. The first-order valence-electron chi connectivity index (χ1n) is 6.82. The molecule has 0 spiro atoms. The fraction of sp³-hybridized carbons (Fsp3) is 0.643. The highest BCUT2D eigenvalue weighted by atomic mass is 32.1. The Bertz CT molecular complexity index is 496. The zero-order valence-electron chi connectivity index (χ0n) is 12.7. The van der Waals surface area contributed by atoms with Gasteiger partial charge in [0.05, 0.1) is 5.01 Å². The van der Waals surface area contributed by atoms with Gasteiger partial charge in [-0.15, -0.1) is 11.3 Å². The molecular formula is C14H23N3O2S. The van der Waals surface area contributed by atoms with Gasteiger partial charge >= 0.3 is 0 Å². The number of thiazole rings is 1. The molecule has 112 valence electrons. The monoisotopic (exact) mass is 297 g/mol. The average Bonchev–Trinajstić information content (AvgIpc) is 2.84. The van der Waals surface area contributed by atoms with Crippen LogP contribution in [0.25, 0.3) is 0 Å². The van der Waals surface area contributed by atoms with Gasteiger partial charge in [-0.2, -0.15) is 0 Å². The molecule has 1 heterocycles. The smallest absolute Gasteiger partial charge is 0.271 e. The standard InChI is InChI=1S/C14H23N3O2S/c1-6-14(9(4)5,13(15)19)17-11(18)10-7-20-12(16-10)8(2)3/h7-9H,6H2,1-5H3,(H2,15,19)(H,17,18). The number of aromatic nitrogens is 1. The van der Waals surface area contributed by atoms with E-state index < -0.39 is 11.4 Å². The molecule has 0 aliphatic carbocycles. The first-order chi connectivity index (χ1) is 9.24. The second-order valence-electron chi connectivity index (χ2n) is 5.52. The number of primary amides is 1. The van der Waals surface area contributed by atoms with Crippen molar-refractivity contribution in [3.8, 4) is 0 Å². The van der Waals surface area contributed by atoms with E-state index in [1.165, 1.54) is 11.3 Å². The Labute approximate surface area is 124 Å². The molecule has 20 heavy (non-hydrogen) atoms. The summed E-state index contributed by atoms with van der Waals surface area (Å²) in [7, 11) is 0. The van der Waals surface area contributed by atoms with Crippen LogP contribution in [-0.2, 0) is 4.79 Å². The third-order valence-electron chi connectivity index (χ3n) is 3.57. The third kappa shape index (κ3) is 3.17. The number of nitrogens with two attached hydrogens (primary N) is 1. The summed E-state index contributed by atoms with van der Waals surface area (Å²) in [5.41, 5.74) is 4.81. The van der Waals surface area contributed by atoms with Crippen molar-refractivity contribution < 1.29 is 9.59 Å². The van der Waals surface area contributed by atoms with Gasteiger partial charge < -0.3 is 11.1 Å². The predicted molar refractivity (Wildman–Crippen MR) is 80.7 cm³/mol. The summed E-state index contributed by atoms with van der Waals surface area (Å²) in [5, 5.41) is 5.40. The molecule has 3 N–H and O–H groups in total. The van der Waals surface area contributed by atoms with E-state index in [1.54, 1.807) is 5.38 Å². The average molecular weight is 297 g/mol. The van der Waals surface area contributed by atoms with Crippen molar-refractivity contribution in [1.82, 2.24) is 10.3 Å². The highest BCUT2D eigenvalue weighted by Crippen LogP contribution is 2.23. The Morgan fingerprint density at radius 3 is 2.35 bits per heavy atom. The van der Waals surface area contributed by atoms with Crippen LogP contribution in [0.15, 0.2) is 5.38 Å². The minimum absolute atomic E-state index is 0.0860. The summed E-state index contributed by atoms with van der Waals surface area (Å²) in [5.74, 6) is -0.666. The van der Waals surface area contributed by atoms with E-state index in [0.29, 0.717) is 12.1 Å². The van der Waals surface area contributed by atoms with Crippen molar-refractivity contribution in [2.24, 2.45) is 11.7 Å². The van der Waals surface area contributed by atoms with Gasteiger partial charge in [0.2, 0.25) is 5.91 Å². The van der Waals surface area contributed by atoms with Gasteiger partial charge in [-0.05, 0) is 12.3 Å². The first kappa shape index (κ1) is 16.6. The minimum atomic E-state index is -1.03.